The molecule has 1 aromatic rings. The Hall–Kier alpha value is -1.98. The van der Waals surface area contributed by atoms with Gasteiger partial charge in [0.1, 0.15) is 0 Å². The van der Waals surface area contributed by atoms with E-state index >= 15 is 0 Å². The maximum atomic E-state index is 12.4. The summed E-state index contributed by atoms with van der Waals surface area (Å²) < 4.78 is 0. The average Bonchev–Trinajstić information content (AvgIpc) is 2.45. The van der Waals surface area contributed by atoms with Crippen LogP contribution in [0.5, 0.6) is 0 Å². The van der Waals surface area contributed by atoms with Crippen molar-refractivity contribution in [1.29, 1.82) is 0 Å². The zero-order valence-electron chi connectivity index (χ0n) is 13.2. The van der Waals surface area contributed by atoms with E-state index in [2.05, 4.69) is 22.3 Å². The van der Waals surface area contributed by atoms with Crippen LogP contribution in [0.2, 0.25) is 0 Å². The van der Waals surface area contributed by atoms with E-state index in [9.17, 15) is 9.59 Å². The molecule has 116 valence electrons. The summed E-state index contributed by atoms with van der Waals surface area (Å²) in [6.07, 6.45) is 7.28. The molecule has 0 saturated carbocycles. The topological polar surface area (TPSA) is 75.2 Å². The molecule has 0 bridgehead atoms. The highest BCUT2D eigenvalue weighted by molar-refractivity contribution is 5.94. The van der Waals surface area contributed by atoms with Gasteiger partial charge in [0.15, 0.2) is 5.82 Å². The first-order valence-electron chi connectivity index (χ1n) is 7.34. The number of aromatic nitrogens is 2. The molecule has 1 unspecified atom stereocenters. The van der Waals surface area contributed by atoms with Crippen molar-refractivity contribution < 1.29 is 9.59 Å². The van der Waals surface area contributed by atoms with Crippen molar-refractivity contribution in [1.82, 2.24) is 15.4 Å². The smallest absolute Gasteiger partial charge is 0.244 e. The lowest BCUT2D eigenvalue weighted by Gasteiger charge is -2.25. The second kappa shape index (κ2) is 8.34. The van der Waals surface area contributed by atoms with Gasteiger partial charge in [0.05, 0.1) is 6.20 Å². The lowest BCUT2D eigenvalue weighted by molar-refractivity contribution is -0.129. The average molecular weight is 292 g/mol. The van der Waals surface area contributed by atoms with Gasteiger partial charge in [0.2, 0.25) is 11.8 Å². The summed E-state index contributed by atoms with van der Waals surface area (Å²) in [7, 11) is 0. The number of hydrogen-bond donors (Lipinski definition) is 1. The van der Waals surface area contributed by atoms with Crippen molar-refractivity contribution in [2.75, 3.05) is 5.01 Å². The van der Waals surface area contributed by atoms with Gasteiger partial charge in [-0.3, -0.25) is 20.0 Å². The highest BCUT2D eigenvalue weighted by Crippen LogP contribution is 2.19. The van der Waals surface area contributed by atoms with Crippen LogP contribution < -0.4 is 10.4 Å². The molecule has 21 heavy (non-hydrogen) atoms. The van der Waals surface area contributed by atoms with Crippen LogP contribution in [-0.4, -0.2) is 21.8 Å². The molecule has 2 amide bonds. The molecule has 0 saturated heterocycles. The van der Waals surface area contributed by atoms with Crippen LogP contribution in [0.25, 0.3) is 0 Å². The molecule has 0 aromatic carbocycles. The molecule has 1 atom stereocenters. The molecular formula is C15H24N4O2. The Bertz CT molecular complexity index is 462. The number of amides is 2. The summed E-state index contributed by atoms with van der Waals surface area (Å²) in [6.45, 7) is 7.50. The number of carbonyl (C=O) groups is 2. The lowest BCUT2D eigenvalue weighted by atomic mass is 9.90. The first-order chi connectivity index (χ1) is 9.97. The van der Waals surface area contributed by atoms with E-state index in [1.807, 2.05) is 13.8 Å². The van der Waals surface area contributed by atoms with Crippen molar-refractivity contribution in [2.24, 2.45) is 11.8 Å². The minimum Gasteiger partial charge on any atom is -0.273 e. The van der Waals surface area contributed by atoms with Gasteiger partial charge in [-0.1, -0.05) is 33.6 Å². The third kappa shape index (κ3) is 5.13. The molecule has 0 aliphatic heterocycles. The molecule has 1 rings (SSSR count). The minimum atomic E-state index is -0.304. The number of nitrogens with zero attached hydrogens (tertiary/aromatic N) is 3. The molecule has 0 aliphatic carbocycles. The Morgan fingerprint density at radius 2 is 2.05 bits per heavy atom. The van der Waals surface area contributed by atoms with Gasteiger partial charge >= 0.3 is 0 Å². The molecule has 0 aliphatic rings. The maximum Gasteiger partial charge on any atom is 0.244 e. The Morgan fingerprint density at radius 3 is 2.52 bits per heavy atom. The van der Waals surface area contributed by atoms with E-state index in [1.165, 1.54) is 25.5 Å². The number of carbonyl (C=O) groups excluding carboxylic acids is 2. The third-order valence-corrected chi connectivity index (χ3v) is 3.33. The number of unbranched alkanes of at least 4 members (excludes halogenated alkanes) is 1. The van der Waals surface area contributed by atoms with Gasteiger partial charge in [-0.15, -0.1) is 0 Å². The lowest BCUT2D eigenvalue weighted by Crippen LogP contribution is -2.49. The number of hydrogen-bond acceptors (Lipinski definition) is 4. The Labute approximate surface area is 125 Å². The number of nitrogens with one attached hydrogen (secondary N) is 1. The van der Waals surface area contributed by atoms with Crippen LogP contribution >= 0.6 is 0 Å². The molecule has 6 nitrogen and oxygen atoms in total. The molecular weight excluding hydrogens is 268 g/mol. The number of hydrazine groups is 1. The molecule has 1 aromatic heterocycles. The van der Waals surface area contributed by atoms with Crippen LogP contribution in [0.15, 0.2) is 18.6 Å². The molecule has 0 radical (unpaired) electrons. The SMILES string of the molecule is CCCCC(C(=O)NN(C(C)=O)c1cnccn1)C(C)C. The van der Waals surface area contributed by atoms with E-state index in [4.69, 9.17) is 0 Å². The fourth-order valence-electron chi connectivity index (χ4n) is 2.09. The monoisotopic (exact) mass is 292 g/mol. The molecule has 0 spiro atoms. The number of rotatable bonds is 6. The van der Waals surface area contributed by atoms with Crippen LogP contribution in [-0.2, 0) is 9.59 Å². The Morgan fingerprint density at radius 1 is 1.33 bits per heavy atom. The van der Waals surface area contributed by atoms with Gasteiger partial charge in [-0.05, 0) is 12.3 Å². The fraction of sp³-hybridized carbons (Fsp3) is 0.600. The van der Waals surface area contributed by atoms with Crippen molar-refractivity contribution >= 4 is 17.6 Å². The van der Waals surface area contributed by atoms with Crippen LogP contribution in [0.4, 0.5) is 5.82 Å². The molecule has 0 fully saturated rings. The van der Waals surface area contributed by atoms with Crippen molar-refractivity contribution in [3.8, 4) is 0 Å². The highest BCUT2D eigenvalue weighted by Gasteiger charge is 2.25. The van der Waals surface area contributed by atoms with Gasteiger partial charge in [-0.25, -0.2) is 9.99 Å². The normalized spacial score (nSPS) is 12.0. The Kier molecular flexibility index (Phi) is 6.78. The minimum absolute atomic E-state index is 0.122. The zero-order valence-corrected chi connectivity index (χ0v) is 13.2. The number of anilines is 1. The molecule has 1 N–H and O–H groups in total. The molecule has 6 heteroatoms. The zero-order chi connectivity index (χ0) is 15.8. The summed E-state index contributed by atoms with van der Waals surface area (Å²) in [6, 6.07) is 0. The van der Waals surface area contributed by atoms with Gasteiger partial charge in [0, 0.05) is 25.2 Å². The van der Waals surface area contributed by atoms with E-state index in [-0.39, 0.29) is 23.7 Å². The second-order valence-electron chi connectivity index (χ2n) is 5.39. The van der Waals surface area contributed by atoms with E-state index in [1.54, 1.807) is 0 Å². The maximum absolute atomic E-state index is 12.4. The van der Waals surface area contributed by atoms with Crippen LogP contribution in [0, 0.1) is 11.8 Å². The van der Waals surface area contributed by atoms with Gasteiger partial charge < -0.3 is 0 Å². The van der Waals surface area contributed by atoms with E-state index in [0.29, 0.717) is 5.82 Å². The molecule has 1 heterocycles. The fourth-order valence-corrected chi connectivity index (χ4v) is 2.09. The van der Waals surface area contributed by atoms with E-state index < -0.39 is 0 Å². The predicted molar refractivity (Wildman–Crippen MR) is 81.2 cm³/mol. The van der Waals surface area contributed by atoms with E-state index in [0.717, 1.165) is 24.3 Å². The van der Waals surface area contributed by atoms with Crippen LogP contribution in [0.1, 0.15) is 47.0 Å². The largest absolute Gasteiger partial charge is 0.273 e. The standard InChI is InChI=1S/C15H24N4O2/c1-5-6-7-13(11(2)3)15(21)18-19(12(4)20)14-10-16-8-9-17-14/h8-11,13H,5-7H2,1-4H3,(H,18,21). The van der Waals surface area contributed by atoms with Crippen molar-refractivity contribution in [3.63, 3.8) is 0 Å². The first-order valence-corrected chi connectivity index (χ1v) is 7.34. The Balaban J connectivity index is 2.83. The summed E-state index contributed by atoms with van der Waals surface area (Å²) in [5.41, 5.74) is 2.67. The summed E-state index contributed by atoms with van der Waals surface area (Å²) in [5, 5.41) is 1.15. The van der Waals surface area contributed by atoms with Gasteiger partial charge in [0.25, 0.3) is 0 Å². The van der Waals surface area contributed by atoms with Crippen molar-refractivity contribution in [3.05, 3.63) is 18.6 Å². The first kappa shape index (κ1) is 17.1. The van der Waals surface area contributed by atoms with Crippen molar-refractivity contribution in [2.45, 2.75) is 47.0 Å². The third-order valence-electron chi connectivity index (χ3n) is 3.33. The second-order valence-corrected chi connectivity index (χ2v) is 5.39. The summed E-state index contributed by atoms with van der Waals surface area (Å²) >= 11 is 0. The highest BCUT2D eigenvalue weighted by atomic mass is 16.2. The quantitative estimate of drug-likeness (QED) is 0.816. The van der Waals surface area contributed by atoms with Crippen LogP contribution in [0.3, 0.4) is 0 Å². The summed E-state index contributed by atoms with van der Waals surface area (Å²) in [4.78, 5) is 32.1. The van der Waals surface area contributed by atoms with Gasteiger partial charge in [-0.2, -0.15) is 0 Å². The predicted octanol–water partition coefficient (Wildman–Crippen LogP) is 2.32. The summed E-state index contributed by atoms with van der Waals surface area (Å²) in [5.74, 6) is -0.0480.